The molecule has 0 aromatic rings. The lowest BCUT2D eigenvalue weighted by molar-refractivity contribution is 0.142. The number of nitrogens with zero attached hydrogens (tertiary/aromatic N) is 1. The maximum Gasteiger partial charge on any atom is 0.0684 e. The first-order chi connectivity index (χ1) is 5.26. The maximum atomic E-state index is 5.29. The molecule has 1 atom stereocenters. The van der Waals surface area contributed by atoms with Crippen LogP contribution < -0.4 is 0 Å². The standard InChI is InChI=1S/C9H17NO/c1-5-9(3)10(6-2)7-8-11-4/h1,9H,6-8H2,2-4H3. The zero-order valence-corrected chi connectivity index (χ0v) is 7.63. The summed E-state index contributed by atoms with van der Waals surface area (Å²) in [6.45, 7) is 6.77. The van der Waals surface area contributed by atoms with Crippen LogP contribution in [-0.4, -0.2) is 37.7 Å². The molecule has 0 radical (unpaired) electrons. The molecule has 0 fully saturated rings. The van der Waals surface area contributed by atoms with Gasteiger partial charge in [-0.05, 0) is 13.5 Å². The number of terminal acetylenes is 1. The van der Waals surface area contributed by atoms with Crippen LogP contribution in [-0.2, 0) is 4.74 Å². The maximum absolute atomic E-state index is 5.29. The van der Waals surface area contributed by atoms with Crippen LogP contribution in [0.2, 0.25) is 0 Å². The van der Waals surface area contributed by atoms with Crippen molar-refractivity contribution in [2.24, 2.45) is 0 Å². The van der Waals surface area contributed by atoms with Gasteiger partial charge in [0, 0.05) is 13.7 Å². The van der Waals surface area contributed by atoms with Gasteiger partial charge in [0.05, 0.1) is 12.6 Å². The van der Waals surface area contributed by atoms with E-state index in [9.17, 15) is 0 Å². The van der Waals surface area contributed by atoms with Gasteiger partial charge in [0.2, 0.25) is 0 Å². The molecule has 1 unspecified atom stereocenters. The average Bonchev–Trinajstić information content (AvgIpc) is 2.05. The summed E-state index contributed by atoms with van der Waals surface area (Å²) >= 11 is 0. The Morgan fingerprint density at radius 3 is 2.64 bits per heavy atom. The van der Waals surface area contributed by atoms with Crippen LogP contribution in [0.4, 0.5) is 0 Å². The molecule has 0 aromatic heterocycles. The molecule has 0 amide bonds. The monoisotopic (exact) mass is 155 g/mol. The van der Waals surface area contributed by atoms with Crippen LogP contribution in [0.5, 0.6) is 0 Å². The first-order valence-corrected chi connectivity index (χ1v) is 3.95. The number of hydrogen-bond donors (Lipinski definition) is 0. The third-order valence-corrected chi connectivity index (χ3v) is 1.78. The molecule has 0 heterocycles. The topological polar surface area (TPSA) is 12.5 Å². The fourth-order valence-corrected chi connectivity index (χ4v) is 0.940. The highest BCUT2D eigenvalue weighted by Crippen LogP contribution is 1.95. The molecule has 0 rings (SSSR count). The van der Waals surface area contributed by atoms with E-state index in [1.54, 1.807) is 7.11 Å². The summed E-state index contributed by atoms with van der Waals surface area (Å²) in [6, 6.07) is 0.218. The van der Waals surface area contributed by atoms with E-state index < -0.39 is 0 Å². The summed E-state index contributed by atoms with van der Waals surface area (Å²) in [4.78, 5) is 2.20. The van der Waals surface area contributed by atoms with E-state index in [4.69, 9.17) is 11.2 Å². The minimum Gasteiger partial charge on any atom is -0.383 e. The lowest BCUT2D eigenvalue weighted by Gasteiger charge is -2.22. The van der Waals surface area contributed by atoms with Crippen LogP contribution in [0.1, 0.15) is 13.8 Å². The molecule has 0 N–H and O–H groups in total. The molecule has 64 valence electrons. The Morgan fingerprint density at radius 2 is 2.27 bits per heavy atom. The largest absolute Gasteiger partial charge is 0.383 e. The number of methoxy groups -OCH3 is 1. The minimum absolute atomic E-state index is 0.218. The minimum atomic E-state index is 0.218. The van der Waals surface area contributed by atoms with E-state index >= 15 is 0 Å². The molecule has 0 aliphatic carbocycles. The van der Waals surface area contributed by atoms with E-state index in [0.717, 1.165) is 19.7 Å². The van der Waals surface area contributed by atoms with Crippen LogP contribution in [0, 0.1) is 12.3 Å². The van der Waals surface area contributed by atoms with Gasteiger partial charge >= 0.3 is 0 Å². The Labute approximate surface area is 69.5 Å². The van der Waals surface area contributed by atoms with Crippen molar-refractivity contribution in [2.75, 3.05) is 26.8 Å². The van der Waals surface area contributed by atoms with E-state index in [1.165, 1.54) is 0 Å². The number of ether oxygens (including phenoxy) is 1. The van der Waals surface area contributed by atoms with Gasteiger partial charge in [-0.15, -0.1) is 6.42 Å². The molecule has 11 heavy (non-hydrogen) atoms. The molecule has 2 heteroatoms. The SMILES string of the molecule is C#CC(C)N(CC)CCOC. The predicted octanol–water partition coefficient (Wildman–Crippen LogP) is 0.976. The average molecular weight is 155 g/mol. The van der Waals surface area contributed by atoms with E-state index in [1.807, 2.05) is 6.92 Å². The number of likely N-dealkylation sites (N-methyl/N-ethyl adjacent to an activating group) is 1. The first kappa shape index (κ1) is 10.5. The van der Waals surface area contributed by atoms with Gasteiger partial charge in [-0.2, -0.15) is 0 Å². The van der Waals surface area contributed by atoms with Crippen LogP contribution in [0.3, 0.4) is 0 Å². The molecule has 0 saturated carbocycles. The van der Waals surface area contributed by atoms with Gasteiger partial charge in [0.25, 0.3) is 0 Å². The van der Waals surface area contributed by atoms with Crippen molar-refractivity contribution in [2.45, 2.75) is 19.9 Å². The van der Waals surface area contributed by atoms with Gasteiger partial charge in [0.1, 0.15) is 0 Å². The zero-order chi connectivity index (χ0) is 8.69. The molecular weight excluding hydrogens is 138 g/mol. The Morgan fingerprint density at radius 1 is 1.64 bits per heavy atom. The van der Waals surface area contributed by atoms with Crippen molar-refractivity contribution >= 4 is 0 Å². The summed E-state index contributed by atoms with van der Waals surface area (Å²) in [6.07, 6.45) is 5.29. The number of hydrogen-bond acceptors (Lipinski definition) is 2. The Kier molecular flexibility index (Phi) is 5.91. The van der Waals surface area contributed by atoms with E-state index in [2.05, 4.69) is 17.7 Å². The van der Waals surface area contributed by atoms with Crippen molar-refractivity contribution in [1.82, 2.24) is 4.90 Å². The Bertz CT molecular complexity index is 128. The lowest BCUT2D eigenvalue weighted by Crippen LogP contribution is -2.34. The molecule has 0 saturated heterocycles. The normalized spacial score (nSPS) is 13.0. The lowest BCUT2D eigenvalue weighted by atomic mass is 10.3. The summed E-state index contributed by atoms with van der Waals surface area (Å²) in [5.41, 5.74) is 0. The van der Waals surface area contributed by atoms with Gasteiger partial charge in [-0.3, -0.25) is 4.90 Å². The second-order valence-electron chi connectivity index (χ2n) is 2.46. The fraction of sp³-hybridized carbons (Fsp3) is 0.778. The smallest absolute Gasteiger partial charge is 0.0684 e. The third kappa shape index (κ3) is 4.02. The van der Waals surface area contributed by atoms with Crippen molar-refractivity contribution in [3.05, 3.63) is 0 Å². The number of rotatable bonds is 5. The van der Waals surface area contributed by atoms with E-state index in [-0.39, 0.29) is 6.04 Å². The van der Waals surface area contributed by atoms with Crippen LogP contribution in [0.15, 0.2) is 0 Å². The van der Waals surface area contributed by atoms with Gasteiger partial charge < -0.3 is 4.74 Å². The van der Waals surface area contributed by atoms with Crippen molar-refractivity contribution in [3.63, 3.8) is 0 Å². The second kappa shape index (κ2) is 6.21. The van der Waals surface area contributed by atoms with Crippen LogP contribution >= 0.6 is 0 Å². The highest BCUT2D eigenvalue weighted by atomic mass is 16.5. The second-order valence-corrected chi connectivity index (χ2v) is 2.46. The van der Waals surface area contributed by atoms with Gasteiger partial charge in [-0.1, -0.05) is 12.8 Å². The molecule has 0 aromatic carbocycles. The van der Waals surface area contributed by atoms with Gasteiger partial charge in [0.15, 0.2) is 0 Å². The summed E-state index contributed by atoms with van der Waals surface area (Å²) < 4.78 is 4.96. The highest BCUT2D eigenvalue weighted by Gasteiger charge is 2.07. The van der Waals surface area contributed by atoms with Crippen molar-refractivity contribution in [3.8, 4) is 12.3 Å². The van der Waals surface area contributed by atoms with E-state index in [0.29, 0.717) is 0 Å². The predicted molar refractivity (Wildman–Crippen MR) is 47.4 cm³/mol. The Hall–Kier alpha value is -0.520. The summed E-state index contributed by atoms with van der Waals surface area (Å²) in [7, 11) is 1.70. The molecule has 0 aliphatic rings. The molecule has 0 spiro atoms. The summed E-state index contributed by atoms with van der Waals surface area (Å²) in [5.74, 6) is 2.70. The third-order valence-electron chi connectivity index (χ3n) is 1.78. The quantitative estimate of drug-likeness (QED) is 0.549. The molecule has 0 bridgehead atoms. The highest BCUT2D eigenvalue weighted by molar-refractivity contribution is 4.96. The van der Waals surface area contributed by atoms with Gasteiger partial charge in [-0.25, -0.2) is 0 Å². The molecule has 0 aliphatic heterocycles. The Balaban J connectivity index is 3.67. The van der Waals surface area contributed by atoms with Crippen molar-refractivity contribution in [1.29, 1.82) is 0 Å². The van der Waals surface area contributed by atoms with Crippen LogP contribution in [0.25, 0.3) is 0 Å². The first-order valence-electron chi connectivity index (χ1n) is 3.95. The summed E-state index contributed by atoms with van der Waals surface area (Å²) in [5, 5.41) is 0. The van der Waals surface area contributed by atoms with Crippen molar-refractivity contribution < 1.29 is 4.74 Å². The fourth-order valence-electron chi connectivity index (χ4n) is 0.940. The molecule has 2 nitrogen and oxygen atoms in total. The zero-order valence-electron chi connectivity index (χ0n) is 7.63. The molecular formula is C9H17NO.